The van der Waals surface area contributed by atoms with E-state index < -0.39 is 0 Å². The molecule has 0 amide bonds. The molecule has 0 radical (unpaired) electrons. The number of nitrogens with zero attached hydrogens (tertiary/aromatic N) is 3. The number of halogens is 2. The summed E-state index contributed by atoms with van der Waals surface area (Å²) in [5.74, 6) is 1.63. The number of benzene rings is 1. The Morgan fingerprint density at radius 3 is 2.68 bits per heavy atom. The third-order valence-corrected chi connectivity index (χ3v) is 5.28. The second-order valence-electron chi connectivity index (χ2n) is 6.99. The lowest BCUT2D eigenvalue weighted by molar-refractivity contribution is 0.274. The van der Waals surface area contributed by atoms with Crippen LogP contribution in [-0.4, -0.2) is 82.8 Å². The minimum absolute atomic E-state index is 0. The lowest BCUT2D eigenvalue weighted by Gasteiger charge is -2.20. The van der Waals surface area contributed by atoms with Crippen LogP contribution in [0.1, 0.15) is 18.4 Å². The Morgan fingerprint density at radius 1 is 1.18 bits per heavy atom. The molecule has 6 nitrogen and oxygen atoms in total. The van der Waals surface area contributed by atoms with E-state index in [-0.39, 0.29) is 24.0 Å². The molecular weight excluding hydrogens is 489 g/mol. The van der Waals surface area contributed by atoms with Crippen LogP contribution >= 0.6 is 35.6 Å². The van der Waals surface area contributed by atoms with Gasteiger partial charge in [-0.25, -0.2) is 0 Å². The highest BCUT2D eigenvalue weighted by atomic mass is 127. The van der Waals surface area contributed by atoms with E-state index >= 15 is 0 Å². The molecule has 2 N–H and O–H groups in total. The number of ether oxygens (including phenoxy) is 1. The molecule has 0 aromatic heterocycles. The van der Waals surface area contributed by atoms with Crippen LogP contribution in [0.4, 0.5) is 0 Å². The van der Waals surface area contributed by atoms with Gasteiger partial charge in [-0.1, -0.05) is 17.7 Å². The van der Waals surface area contributed by atoms with E-state index in [0.29, 0.717) is 0 Å². The quantitative estimate of drug-likeness (QED) is 0.238. The van der Waals surface area contributed by atoms with Gasteiger partial charge in [-0.2, -0.15) is 0 Å². The molecule has 8 heteroatoms. The number of aliphatic imine (C=N–C) groups is 1. The molecule has 1 aliphatic rings. The van der Waals surface area contributed by atoms with Crippen LogP contribution in [0.5, 0.6) is 5.75 Å². The molecule has 2 rings (SSSR count). The summed E-state index contributed by atoms with van der Waals surface area (Å²) in [6, 6.07) is 5.80. The standard InChI is InChI=1S/C20H34ClN5O.HI/c1-22-20(23-9-4-12-26-13-5-11-25(2)14-15-26)24-10-8-17-6-7-18(27-3)16-19(17)21;/h6-7,16H,4-5,8-15H2,1-3H3,(H2,22,23,24);1H. The largest absolute Gasteiger partial charge is 0.497 e. The van der Waals surface area contributed by atoms with Gasteiger partial charge in [0.2, 0.25) is 0 Å². The number of methoxy groups -OCH3 is 1. The maximum atomic E-state index is 6.29. The normalized spacial score (nSPS) is 16.2. The number of hydrogen-bond acceptors (Lipinski definition) is 4. The van der Waals surface area contributed by atoms with Gasteiger partial charge in [-0.15, -0.1) is 24.0 Å². The number of rotatable bonds is 8. The summed E-state index contributed by atoms with van der Waals surface area (Å²) in [6.45, 7) is 7.61. The predicted molar refractivity (Wildman–Crippen MR) is 130 cm³/mol. The van der Waals surface area contributed by atoms with E-state index in [1.807, 2.05) is 18.2 Å². The van der Waals surface area contributed by atoms with Crippen molar-refractivity contribution in [3.05, 3.63) is 28.8 Å². The molecule has 1 aromatic rings. The molecule has 28 heavy (non-hydrogen) atoms. The van der Waals surface area contributed by atoms with Gasteiger partial charge in [0.25, 0.3) is 0 Å². The number of guanidine groups is 1. The number of likely N-dealkylation sites (N-methyl/N-ethyl adjacent to an activating group) is 1. The van der Waals surface area contributed by atoms with Gasteiger partial charge in [-0.05, 0) is 63.6 Å². The van der Waals surface area contributed by atoms with Crippen molar-refractivity contribution in [2.75, 3.05) is 67.0 Å². The lowest BCUT2D eigenvalue weighted by atomic mass is 10.1. The zero-order valence-electron chi connectivity index (χ0n) is 17.3. The third-order valence-electron chi connectivity index (χ3n) is 4.93. The Hall–Kier alpha value is -0.770. The van der Waals surface area contributed by atoms with Gasteiger partial charge in [0.15, 0.2) is 5.96 Å². The van der Waals surface area contributed by atoms with Crippen molar-refractivity contribution in [1.82, 2.24) is 20.4 Å². The second-order valence-corrected chi connectivity index (χ2v) is 7.39. The SMILES string of the molecule is CN=C(NCCCN1CCCN(C)CC1)NCCc1ccc(OC)cc1Cl.I. The zero-order chi connectivity index (χ0) is 19.5. The van der Waals surface area contributed by atoms with Crippen molar-refractivity contribution >= 4 is 41.5 Å². The lowest BCUT2D eigenvalue weighted by Crippen LogP contribution is -2.40. The van der Waals surface area contributed by atoms with Crippen LogP contribution in [0, 0.1) is 0 Å². The van der Waals surface area contributed by atoms with Crippen molar-refractivity contribution in [2.45, 2.75) is 19.3 Å². The molecule has 0 spiro atoms. The molecule has 1 fully saturated rings. The number of hydrogen-bond donors (Lipinski definition) is 2. The van der Waals surface area contributed by atoms with Gasteiger partial charge in [-0.3, -0.25) is 4.99 Å². The van der Waals surface area contributed by atoms with Crippen LogP contribution in [-0.2, 0) is 6.42 Å². The second kappa shape index (κ2) is 14.3. The Bertz CT molecular complexity index is 602. The van der Waals surface area contributed by atoms with Crippen LogP contribution in [0.3, 0.4) is 0 Å². The van der Waals surface area contributed by atoms with Crippen LogP contribution in [0.25, 0.3) is 0 Å². The first-order chi connectivity index (χ1) is 13.1. The molecule has 1 aliphatic heterocycles. The van der Waals surface area contributed by atoms with Crippen molar-refractivity contribution in [1.29, 1.82) is 0 Å². The fourth-order valence-electron chi connectivity index (χ4n) is 3.23. The first kappa shape index (κ1) is 25.3. The molecule has 0 atom stereocenters. The highest BCUT2D eigenvalue weighted by molar-refractivity contribution is 14.0. The Balaban J connectivity index is 0.00000392. The van der Waals surface area contributed by atoms with Gasteiger partial charge < -0.3 is 25.2 Å². The molecular formula is C20H35ClIN5O. The molecule has 1 heterocycles. The van der Waals surface area contributed by atoms with E-state index in [2.05, 4.69) is 32.5 Å². The maximum absolute atomic E-state index is 6.29. The molecule has 160 valence electrons. The fourth-order valence-corrected chi connectivity index (χ4v) is 3.49. The fraction of sp³-hybridized carbons (Fsp3) is 0.650. The topological polar surface area (TPSA) is 52.1 Å². The minimum Gasteiger partial charge on any atom is -0.497 e. The summed E-state index contributed by atoms with van der Waals surface area (Å²) in [7, 11) is 5.66. The molecule has 0 bridgehead atoms. The van der Waals surface area contributed by atoms with E-state index in [1.54, 1.807) is 14.2 Å². The average molecular weight is 524 g/mol. The van der Waals surface area contributed by atoms with Crippen molar-refractivity contribution < 1.29 is 4.74 Å². The molecule has 1 saturated heterocycles. The summed E-state index contributed by atoms with van der Waals surface area (Å²) in [4.78, 5) is 9.28. The predicted octanol–water partition coefficient (Wildman–Crippen LogP) is 2.70. The Kier molecular flexibility index (Phi) is 12.9. The van der Waals surface area contributed by atoms with Crippen molar-refractivity contribution in [3.63, 3.8) is 0 Å². The molecule has 0 aliphatic carbocycles. The first-order valence-electron chi connectivity index (χ1n) is 9.80. The van der Waals surface area contributed by atoms with Gasteiger partial charge in [0, 0.05) is 38.2 Å². The first-order valence-corrected chi connectivity index (χ1v) is 10.2. The van der Waals surface area contributed by atoms with E-state index in [0.717, 1.165) is 54.8 Å². The summed E-state index contributed by atoms with van der Waals surface area (Å²) in [6.07, 6.45) is 3.22. The van der Waals surface area contributed by atoms with Crippen LogP contribution < -0.4 is 15.4 Å². The minimum atomic E-state index is 0. The Morgan fingerprint density at radius 2 is 1.96 bits per heavy atom. The average Bonchev–Trinajstić information content (AvgIpc) is 2.89. The molecule has 1 aromatic carbocycles. The summed E-state index contributed by atoms with van der Waals surface area (Å²) >= 11 is 6.29. The van der Waals surface area contributed by atoms with E-state index in [4.69, 9.17) is 16.3 Å². The highest BCUT2D eigenvalue weighted by Gasteiger charge is 2.11. The van der Waals surface area contributed by atoms with Gasteiger partial charge >= 0.3 is 0 Å². The van der Waals surface area contributed by atoms with Crippen molar-refractivity contribution in [3.8, 4) is 5.75 Å². The summed E-state index contributed by atoms with van der Waals surface area (Å²) in [5, 5.41) is 7.50. The molecule has 0 unspecified atom stereocenters. The Labute approximate surface area is 192 Å². The van der Waals surface area contributed by atoms with Crippen molar-refractivity contribution in [2.24, 2.45) is 4.99 Å². The maximum Gasteiger partial charge on any atom is 0.190 e. The smallest absolute Gasteiger partial charge is 0.190 e. The third kappa shape index (κ3) is 9.15. The number of nitrogens with one attached hydrogen (secondary N) is 2. The van der Waals surface area contributed by atoms with Crippen LogP contribution in [0.2, 0.25) is 5.02 Å². The van der Waals surface area contributed by atoms with E-state index in [1.165, 1.54) is 32.6 Å². The summed E-state index contributed by atoms with van der Waals surface area (Å²) in [5.41, 5.74) is 1.10. The molecule has 0 saturated carbocycles. The van der Waals surface area contributed by atoms with Gasteiger partial charge in [0.05, 0.1) is 7.11 Å². The summed E-state index contributed by atoms with van der Waals surface area (Å²) < 4.78 is 5.19. The zero-order valence-corrected chi connectivity index (χ0v) is 20.4. The monoisotopic (exact) mass is 523 g/mol. The van der Waals surface area contributed by atoms with E-state index in [9.17, 15) is 0 Å². The highest BCUT2D eigenvalue weighted by Crippen LogP contribution is 2.22. The van der Waals surface area contributed by atoms with Gasteiger partial charge in [0.1, 0.15) is 5.75 Å². The van der Waals surface area contributed by atoms with Crippen LogP contribution in [0.15, 0.2) is 23.2 Å².